The average molecular weight is 356 g/mol. The third-order valence-electron chi connectivity index (χ3n) is 3.34. The minimum atomic E-state index is -4.31. The molecule has 4 nitrogen and oxygen atoms in total. The molecule has 0 spiro atoms. The number of halogens is 3. The lowest BCUT2D eigenvalue weighted by Crippen LogP contribution is -2.38. The van der Waals surface area contributed by atoms with E-state index >= 15 is 0 Å². The van der Waals surface area contributed by atoms with Crippen LogP contribution in [0.5, 0.6) is 0 Å². The summed E-state index contributed by atoms with van der Waals surface area (Å²) in [7, 11) is 3.50. The van der Waals surface area contributed by atoms with Crippen LogP contribution in [0.15, 0.2) is 35.5 Å². The first-order valence-corrected chi connectivity index (χ1v) is 8.10. The fourth-order valence-electron chi connectivity index (χ4n) is 2.17. The fourth-order valence-corrected chi connectivity index (χ4v) is 2.90. The smallest absolute Gasteiger partial charge is 0.350 e. The summed E-state index contributed by atoms with van der Waals surface area (Å²) in [6, 6.07) is 5.16. The Kier molecular flexibility index (Phi) is 5.82. The van der Waals surface area contributed by atoms with Gasteiger partial charge in [-0.25, -0.2) is 4.98 Å². The van der Waals surface area contributed by atoms with Crippen LogP contribution in [0.3, 0.4) is 0 Å². The molecule has 0 unspecified atom stereocenters. The lowest BCUT2D eigenvalue weighted by molar-refractivity contribution is -0.137. The van der Waals surface area contributed by atoms with Gasteiger partial charge in [0.1, 0.15) is 5.01 Å². The van der Waals surface area contributed by atoms with Crippen molar-refractivity contribution in [1.29, 1.82) is 0 Å². The van der Waals surface area contributed by atoms with Crippen molar-refractivity contribution in [2.24, 2.45) is 4.99 Å². The van der Waals surface area contributed by atoms with Gasteiger partial charge in [0.2, 0.25) is 0 Å². The van der Waals surface area contributed by atoms with Crippen molar-refractivity contribution in [2.45, 2.75) is 26.2 Å². The molecule has 1 N–H and O–H groups in total. The predicted molar refractivity (Wildman–Crippen MR) is 90.0 cm³/mol. The van der Waals surface area contributed by atoms with Crippen LogP contribution in [0, 0.1) is 6.92 Å². The lowest BCUT2D eigenvalue weighted by Gasteiger charge is -2.22. The Hall–Kier alpha value is -2.09. The number of alkyl halides is 3. The molecule has 1 aromatic carbocycles. The maximum atomic E-state index is 12.6. The summed E-state index contributed by atoms with van der Waals surface area (Å²) < 4.78 is 37.8. The molecule has 0 aliphatic heterocycles. The second kappa shape index (κ2) is 7.65. The molecule has 24 heavy (non-hydrogen) atoms. The van der Waals surface area contributed by atoms with Gasteiger partial charge in [0.25, 0.3) is 0 Å². The Bertz CT molecular complexity index is 692. The molecule has 1 heterocycles. The number of thiazole rings is 1. The summed E-state index contributed by atoms with van der Waals surface area (Å²) >= 11 is 1.61. The van der Waals surface area contributed by atoms with Crippen LogP contribution >= 0.6 is 11.3 Å². The van der Waals surface area contributed by atoms with Crippen molar-refractivity contribution in [1.82, 2.24) is 15.2 Å². The molecule has 2 aromatic rings. The zero-order valence-corrected chi connectivity index (χ0v) is 14.5. The molecular formula is C16H19F3N4S. The number of nitrogens with one attached hydrogen (secondary N) is 1. The highest BCUT2D eigenvalue weighted by molar-refractivity contribution is 7.11. The molecule has 1 aromatic heterocycles. The Morgan fingerprint density at radius 1 is 1.29 bits per heavy atom. The van der Waals surface area contributed by atoms with Crippen LogP contribution in [0.25, 0.3) is 0 Å². The fraction of sp³-hybridized carbons (Fsp3) is 0.375. The van der Waals surface area contributed by atoms with Crippen molar-refractivity contribution in [2.75, 3.05) is 14.1 Å². The maximum Gasteiger partial charge on any atom is 0.416 e. The van der Waals surface area contributed by atoms with Crippen LogP contribution in [-0.2, 0) is 19.3 Å². The molecule has 0 aliphatic carbocycles. The van der Waals surface area contributed by atoms with Gasteiger partial charge in [0.05, 0.1) is 12.1 Å². The Balaban J connectivity index is 1.95. The summed E-state index contributed by atoms with van der Waals surface area (Å²) in [4.78, 5) is 11.5. The molecule has 8 heteroatoms. The SMILES string of the molecule is CN=C(NCc1ncc(C)s1)N(C)Cc1ccc(C(F)(F)F)cc1. The molecule has 0 saturated heterocycles. The molecule has 0 atom stereocenters. The number of benzene rings is 1. The van der Waals surface area contributed by atoms with E-state index in [2.05, 4.69) is 15.3 Å². The van der Waals surface area contributed by atoms with Gasteiger partial charge >= 0.3 is 6.18 Å². The zero-order valence-electron chi connectivity index (χ0n) is 13.7. The first-order valence-electron chi connectivity index (χ1n) is 7.29. The normalized spacial score (nSPS) is 12.3. The molecule has 0 saturated carbocycles. The summed E-state index contributed by atoms with van der Waals surface area (Å²) in [5.74, 6) is 0.655. The van der Waals surface area contributed by atoms with Gasteiger partial charge in [-0.3, -0.25) is 4.99 Å². The molecule has 0 bridgehead atoms. The topological polar surface area (TPSA) is 40.5 Å². The minimum Gasteiger partial charge on any atom is -0.350 e. The van der Waals surface area contributed by atoms with Crippen molar-refractivity contribution in [3.8, 4) is 0 Å². The van der Waals surface area contributed by atoms with E-state index in [1.807, 2.05) is 25.1 Å². The molecule has 2 rings (SSSR count). The highest BCUT2D eigenvalue weighted by atomic mass is 32.1. The van der Waals surface area contributed by atoms with Crippen LogP contribution in [0.2, 0.25) is 0 Å². The summed E-state index contributed by atoms with van der Waals surface area (Å²) in [6.45, 7) is 3.00. The molecule has 0 radical (unpaired) electrons. The summed E-state index contributed by atoms with van der Waals surface area (Å²) in [5.41, 5.74) is 0.133. The largest absolute Gasteiger partial charge is 0.416 e. The number of aliphatic imine (C=N–C) groups is 1. The third-order valence-corrected chi connectivity index (χ3v) is 4.25. The Morgan fingerprint density at radius 3 is 2.46 bits per heavy atom. The van der Waals surface area contributed by atoms with Crippen molar-refractivity contribution < 1.29 is 13.2 Å². The molecular weight excluding hydrogens is 337 g/mol. The van der Waals surface area contributed by atoms with Crippen LogP contribution in [0.4, 0.5) is 13.2 Å². The molecule has 130 valence electrons. The maximum absolute atomic E-state index is 12.6. The molecule has 0 aliphatic rings. The van der Waals surface area contributed by atoms with Crippen molar-refractivity contribution >= 4 is 17.3 Å². The number of rotatable bonds is 4. The van der Waals surface area contributed by atoms with Gasteiger partial charge in [0, 0.05) is 31.7 Å². The van der Waals surface area contributed by atoms with Gasteiger partial charge in [0.15, 0.2) is 5.96 Å². The van der Waals surface area contributed by atoms with Crippen molar-refractivity contribution in [3.63, 3.8) is 0 Å². The molecule has 0 fully saturated rings. The second-order valence-corrected chi connectivity index (χ2v) is 6.64. The van der Waals surface area contributed by atoms with E-state index in [1.54, 1.807) is 18.4 Å². The highest BCUT2D eigenvalue weighted by Crippen LogP contribution is 2.29. The van der Waals surface area contributed by atoms with Gasteiger partial charge in [-0.1, -0.05) is 12.1 Å². The van der Waals surface area contributed by atoms with Gasteiger partial charge < -0.3 is 10.2 Å². The number of hydrogen-bond acceptors (Lipinski definition) is 3. The van der Waals surface area contributed by atoms with Crippen LogP contribution in [-0.4, -0.2) is 29.9 Å². The van der Waals surface area contributed by atoms with E-state index in [-0.39, 0.29) is 0 Å². The number of hydrogen-bond donors (Lipinski definition) is 1. The second-order valence-electron chi connectivity index (χ2n) is 5.32. The molecule has 0 amide bonds. The Labute approximate surface area is 143 Å². The lowest BCUT2D eigenvalue weighted by atomic mass is 10.1. The first-order chi connectivity index (χ1) is 11.3. The minimum absolute atomic E-state index is 0.453. The van der Waals surface area contributed by atoms with E-state index in [0.29, 0.717) is 19.0 Å². The number of aryl methyl sites for hydroxylation is 1. The zero-order chi connectivity index (χ0) is 17.7. The van der Waals surface area contributed by atoms with Crippen LogP contribution in [0.1, 0.15) is 21.0 Å². The predicted octanol–water partition coefficient (Wildman–Crippen LogP) is 3.68. The van der Waals surface area contributed by atoms with E-state index in [1.165, 1.54) is 12.1 Å². The Morgan fingerprint density at radius 2 is 1.96 bits per heavy atom. The van der Waals surface area contributed by atoms with E-state index in [4.69, 9.17) is 0 Å². The average Bonchev–Trinajstić information content (AvgIpc) is 2.93. The first kappa shape index (κ1) is 18.3. The number of aromatic nitrogens is 1. The van der Waals surface area contributed by atoms with E-state index in [9.17, 15) is 13.2 Å². The van der Waals surface area contributed by atoms with Crippen LogP contribution < -0.4 is 5.32 Å². The number of guanidine groups is 1. The van der Waals surface area contributed by atoms with E-state index in [0.717, 1.165) is 27.6 Å². The van der Waals surface area contributed by atoms with Crippen molar-refractivity contribution in [3.05, 3.63) is 51.5 Å². The van der Waals surface area contributed by atoms with Gasteiger partial charge in [-0.2, -0.15) is 13.2 Å². The van der Waals surface area contributed by atoms with Gasteiger partial charge in [-0.05, 0) is 24.6 Å². The highest BCUT2D eigenvalue weighted by Gasteiger charge is 2.29. The third kappa shape index (κ3) is 4.95. The van der Waals surface area contributed by atoms with Gasteiger partial charge in [-0.15, -0.1) is 11.3 Å². The monoisotopic (exact) mass is 356 g/mol. The summed E-state index contributed by atoms with van der Waals surface area (Å²) in [5, 5.41) is 4.15. The summed E-state index contributed by atoms with van der Waals surface area (Å²) in [6.07, 6.45) is -2.50. The van der Waals surface area contributed by atoms with E-state index < -0.39 is 11.7 Å². The quantitative estimate of drug-likeness (QED) is 0.671. The number of nitrogens with zero attached hydrogens (tertiary/aromatic N) is 3. The standard InChI is InChI=1S/C16H19F3N4S/c1-11-8-21-14(24-11)9-22-15(20-2)23(3)10-12-4-6-13(7-5-12)16(17,18)19/h4-8H,9-10H2,1-3H3,(H,20,22).